The first-order valence-electron chi connectivity index (χ1n) is 9.21. The second kappa shape index (κ2) is 8.30. The van der Waals surface area contributed by atoms with Gasteiger partial charge in [-0.15, -0.1) is 0 Å². The minimum atomic E-state index is 0.00435. The van der Waals surface area contributed by atoms with Crippen molar-refractivity contribution in [3.8, 4) is 0 Å². The number of nitrogens with zero attached hydrogens (tertiary/aromatic N) is 1. The van der Waals surface area contributed by atoms with E-state index < -0.39 is 0 Å². The second-order valence-electron chi connectivity index (χ2n) is 8.17. The van der Waals surface area contributed by atoms with Crippen molar-refractivity contribution < 1.29 is 9.22 Å². The van der Waals surface area contributed by atoms with Crippen molar-refractivity contribution in [2.24, 2.45) is 11.8 Å². The Kier molecular flexibility index (Phi) is 7.29. The van der Waals surface area contributed by atoms with Crippen LogP contribution in [-0.4, -0.2) is 30.4 Å². The Bertz CT molecular complexity index is 440. The van der Waals surface area contributed by atoms with Gasteiger partial charge in [-0.1, -0.05) is 58.0 Å². The van der Waals surface area contributed by atoms with Crippen molar-refractivity contribution in [1.29, 1.82) is 0 Å². The molecule has 1 unspecified atom stereocenters. The molecule has 0 radical (unpaired) electrons. The maximum absolute atomic E-state index is 6.19. The molecule has 0 spiro atoms. The third-order valence-corrected chi connectivity index (χ3v) is 5.08. The molecule has 0 aromatic heterocycles. The third-order valence-electron chi connectivity index (χ3n) is 5.08. The van der Waals surface area contributed by atoms with Gasteiger partial charge in [-0.25, -0.2) is 0 Å². The zero-order valence-corrected chi connectivity index (χ0v) is 16.6. The van der Waals surface area contributed by atoms with Crippen LogP contribution in [0.2, 0.25) is 0 Å². The molecule has 2 heteroatoms. The molecule has 0 bridgehead atoms. The molecule has 0 amide bonds. The number of rotatable bonds is 9. The van der Waals surface area contributed by atoms with Crippen LogP contribution in [0.3, 0.4) is 0 Å². The molecule has 0 saturated heterocycles. The zero-order chi connectivity index (χ0) is 17.7. The van der Waals surface area contributed by atoms with Crippen molar-refractivity contribution >= 4 is 0 Å². The van der Waals surface area contributed by atoms with Crippen LogP contribution in [0.15, 0.2) is 30.3 Å². The molecule has 23 heavy (non-hydrogen) atoms. The molecule has 1 aromatic rings. The van der Waals surface area contributed by atoms with Crippen LogP contribution in [0.25, 0.3) is 0 Å². The summed E-state index contributed by atoms with van der Waals surface area (Å²) >= 11 is 0. The summed E-state index contributed by atoms with van der Waals surface area (Å²) in [6.07, 6.45) is 0.181. The molecular weight excluding hydrogens is 282 g/mol. The summed E-state index contributed by atoms with van der Waals surface area (Å²) in [5, 5.41) is 0. The Morgan fingerprint density at radius 2 is 1.39 bits per heavy atom. The molecule has 0 heterocycles. The van der Waals surface area contributed by atoms with Gasteiger partial charge in [0, 0.05) is 24.3 Å². The van der Waals surface area contributed by atoms with E-state index in [4.69, 9.17) is 4.74 Å². The summed E-state index contributed by atoms with van der Waals surface area (Å²) < 4.78 is 7.16. The van der Waals surface area contributed by atoms with Gasteiger partial charge >= 0.3 is 0 Å². The first-order valence-corrected chi connectivity index (χ1v) is 9.21. The Balaban J connectivity index is 3.44. The van der Waals surface area contributed by atoms with Crippen LogP contribution in [0.4, 0.5) is 0 Å². The highest BCUT2D eigenvalue weighted by Gasteiger charge is 2.49. The Morgan fingerprint density at radius 1 is 0.913 bits per heavy atom. The first-order chi connectivity index (χ1) is 10.7. The van der Waals surface area contributed by atoms with Crippen molar-refractivity contribution in [3.63, 3.8) is 0 Å². The van der Waals surface area contributed by atoms with Crippen molar-refractivity contribution in [3.05, 3.63) is 35.9 Å². The average molecular weight is 321 g/mol. The van der Waals surface area contributed by atoms with E-state index in [1.165, 1.54) is 5.56 Å². The Morgan fingerprint density at radius 3 is 1.78 bits per heavy atom. The fraction of sp³-hybridized carbons (Fsp3) is 0.714. The van der Waals surface area contributed by atoms with Crippen molar-refractivity contribution in [2.75, 3.05) is 19.7 Å². The maximum Gasteiger partial charge on any atom is 0.191 e. The number of hydrogen-bond acceptors (Lipinski definition) is 1. The zero-order valence-electron chi connectivity index (χ0n) is 16.6. The van der Waals surface area contributed by atoms with Gasteiger partial charge in [-0.2, -0.15) is 0 Å². The third kappa shape index (κ3) is 4.58. The first kappa shape index (κ1) is 20.2. The number of benzene rings is 1. The summed E-state index contributed by atoms with van der Waals surface area (Å²) in [6, 6.07) is 11.0. The van der Waals surface area contributed by atoms with E-state index in [9.17, 15) is 0 Å². The van der Waals surface area contributed by atoms with Crippen LogP contribution in [0, 0.1) is 11.8 Å². The monoisotopic (exact) mass is 320 g/mol. The van der Waals surface area contributed by atoms with Crippen LogP contribution < -0.4 is 0 Å². The van der Waals surface area contributed by atoms with E-state index in [-0.39, 0.29) is 11.8 Å². The van der Waals surface area contributed by atoms with E-state index in [1.807, 2.05) is 0 Å². The largest absolute Gasteiger partial charge is 0.330 e. The van der Waals surface area contributed by atoms with Gasteiger partial charge in [-0.05, 0) is 20.8 Å². The summed E-state index contributed by atoms with van der Waals surface area (Å²) in [4.78, 5) is 0. The molecule has 132 valence electrons. The van der Waals surface area contributed by atoms with E-state index in [1.54, 1.807) is 0 Å². The summed E-state index contributed by atoms with van der Waals surface area (Å²) in [5.41, 5.74) is 1.40. The van der Waals surface area contributed by atoms with Crippen LogP contribution in [0.1, 0.15) is 61.0 Å². The van der Waals surface area contributed by atoms with Gasteiger partial charge in [0.2, 0.25) is 0 Å². The predicted molar refractivity (Wildman–Crippen MR) is 100 cm³/mol. The molecule has 0 aliphatic carbocycles. The molecule has 0 aliphatic heterocycles. The smallest absolute Gasteiger partial charge is 0.191 e. The average Bonchev–Trinajstić information content (AvgIpc) is 2.46. The molecular formula is C21H38NO+. The highest BCUT2D eigenvalue weighted by Crippen LogP contribution is 2.40. The number of hydrogen-bond donors (Lipinski definition) is 0. The Labute approximate surface area is 144 Å². The van der Waals surface area contributed by atoms with Gasteiger partial charge in [0.05, 0.1) is 19.7 Å². The fourth-order valence-corrected chi connectivity index (χ4v) is 4.07. The molecule has 2 nitrogen and oxygen atoms in total. The SMILES string of the molecule is CCOC(C)[N+](CC(C)C)(CC(C)C)C(C)(C)c1ccccc1. The summed E-state index contributed by atoms with van der Waals surface area (Å²) in [6.45, 7) is 21.5. The highest BCUT2D eigenvalue weighted by atomic mass is 16.5. The molecule has 1 atom stereocenters. The molecule has 0 aliphatic rings. The van der Waals surface area contributed by atoms with Crippen LogP contribution in [0.5, 0.6) is 0 Å². The van der Waals surface area contributed by atoms with E-state index in [0.29, 0.717) is 11.8 Å². The van der Waals surface area contributed by atoms with Gasteiger partial charge in [0.15, 0.2) is 6.23 Å². The van der Waals surface area contributed by atoms with Gasteiger partial charge in [0.1, 0.15) is 5.54 Å². The lowest BCUT2D eigenvalue weighted by Gasteiger charge is -2.55. The highest BCUT2D eigenvalue weighted by molar-refractivity contribution is 5.21. The molecule has 0 N–H and O–H groups in total. The number of ether oxygens (including phenoxy) is 1. The molecule has 0 fully saturated rings. The minimum absolute atomic E-state index is 0.00435. The van der Waals surface area contributed by atoms with Crippen LogP contribution in [-0.2, 0) is 10.3 Å². The fourth-order valence-electron chi connectivity index (χ4n) is 4.07. The Hall–Kier alpha value is -0.860. The van der Waals surface area contributed by atoms with E-state index in [0.717, 1.165) is 24.2 Å². The topological polar surface area (TPSA) is 9.23 Å². The normalized spacial score (nSPS) is 14.5. The summed E-state index contributed by atoms with van der Waals surface area (Å²) in [7, 11) is 0. The maximum atomic E-state index is 6.19. The van der Waals surface area contributed by atoms with Crippen LogP contribution >= 0.6 is 0 Å². The quantitative estimate of drug-likeness (QED) is 0.435. The molecule has 0 saturated carbocycles. The van der Waals surface area contributed by atoms with E-state index >= 15 is 0 Å². The van der Waals surface area contributed by atoms with Gasteiger partial charge in [0.25, 0.3) is 0 Å². The van der Waals surface area contributed by atoms with E-state index in [2.05, 4.69) is 85.7 Å². The van der Waals surface area contributed by atoms with Gasteiger partial charge in [-0.3, -0.25) is 4.48 Å². The lowest BCUT2D eigenvalue weighted by Crippen LogP contribution is -2.67. The number of quaternary nitrogens is 1. The lowest BCUT2D eigenvalue weighted by molar-refractivity contribution is -1.02. The summed E-state index contributed by atoms with van der Waals surface area (Å²) in [5.74, 6) is 1.25. The molecule has 1 aromatic carbocycles. The predicted octanol–water partition coefficient (Wildman–Crippen LogP) is 5.43. The van der Waals surface area contributed by atoms with Crippen molar-refractivity contribution in [2.45, 2.75) is 67.2 Å². The van der Waals surface area contributed by atoms with Gasteiger partial charge < -0.3 is 4.74 Å². The minimum Gasteiger partial charge on any atom is -0.330 e. The van der Waals surface area contributed by atoms with Crippen molar-refractivity contribution in [1.82, 2.24) is 0 Å². The molecule has 1 rings (SSSR count). The standard InChI is InChI=1S/C21H38NO/c1-9-23-19(6)22(15-17(2)3,16-18(4)5)21(7,8)20-13-11-10-12-14-20/h10-14,17-19H,9,15-16H2,1-8H3/q+1. The second-order valence-corrected chi connectivity index (χ2v) is 8.17. The lowest BCUT2D eigenvalue weighted by atomic mass is 9.86.